The van der Waals surface area contributed by atoms with Crippen molar-refractivity contribution >= 4 is 0 Å². The van der Waals surface area contributed by atoms with Crippen molar-refractivity contribution in [3.8, 4) is 0 Å². The van der Waals surface area contributed by atoms with E-state index in [1.165, 1.54) is 44.5 Å². The fourth-order valence-electron chi connectivity index (χ4n) is 3.01. The van der Waals surface area contributed by atoms with Gasteiger partial charge in [-0.25, -0.2) is 0 Å². The lowest BCUT2D eigenvalue weighted by Crippen LogP contribution is -2.44. The zero-order valence-electron chi connectivity index (χ0n) is 11.7. The van der Waals surface area contributed by atoms with Crippen LogP contribution in [0.1, 0.15) is 44.7 Å². The topological polar surface area (TPSA) is 15.3 Å². The smallest absolute Gasteiger partial charge is 0.0322 e. The Morgan fingerprint density at radius 2 is 1.89 bits per heavy atom. The highest BCUT2D eigenvalue weighted by atomic mass is 15.2. The van der Waals surface area contributed by atoms with Crippen molar-refractivity contribution < 1.29 is 0 Å². The molecule has 2 heteroatoms. The molecule has 0 aliphatic carbocycles. The Morgan fingerprint density at radius 1 is 1.22 bits per heavy atom. The molecule has 1 aliphatic heterocycles. The van der Waals surface area contributed by atoms with Crippen molar-refractivity contribution in [2.45, 2.75) is 45.2 Å². The maximum atomic E-state index is 3.46. The number of hydrogen-bond donors (Lipinski definition) is 1. The van der Waals surface area contributed by atoms with Crippen LogP contribution in [0.2, 0.25) is 0 Å². The molecule has 1 saturated heterocycles. The molecule has 1 aliphatic rings. The van der Waals surface area contributed by atoms with Gasteiger partial charge in [-0.05, 0) is 51.4 Å². The van der Waals surface area contributed by atoms with E-state index in [0.29, 0.717) is 6.04 Å². The first kappa shape index (κ1) is 13.6. The van der Waals surface area contributed by atoms with Gasteiger partial charge in [-0.15, -0.1) is 0 Å². The maximum absolute atomic E-state index is 3.46. The van der Waals surface area contributed by atoms with E-state index >= 15 is 0 Å². The number of benzene rings is 1. The Bertz CT molecular complexity index is 330. The number of nitrogens with zero attached hydrogens (tertiary/aromatic N) is 1. The van der Waals surface area contributed by atoms with E-state index in [9.17, 15) is 0 Å². The molecule has 0 bridgehead atoms. The molecule has 0 saturated carbocycles. The first-order chi connectivity index (χ1) is 8.83. The standard InChI is InChI=1S/C16H26N2/c1-3-13-18(16-9-11-17-12-10-16)14(2)15-7-5-4-6-8-15/h4-8,14,16-17H,3,9-13H2,1-2H3. The lowest BCUT2D eigenvalue weighted by molar-refractivity contribution is 0.117. The largest absolute Gasteiger partial charge is 0.317 e. The summed E-state index contributed by atoms with van der Waals surface area (Å²) < 4.78 is 0. The molecule has 2 rings (SSSR count). The second-order valence-electron chi connectivity index (χ2n) is 5.31. The van der Waals surface area contributed by atoms with Crippen LogP contribution in [-0.2, 0) is 0 Å². The van der Waals surface area contributed by atoms with Gasteiger partial charge in [-0.1, -0.05) is 37.3 Å². The molecular weight excluding hydrogens is 220 g/mol. The van der Waals surface area contributed by atoms with Gasteiger partial charge in [0.05, 0.1) is 0 Å². The quantitative estimate of drug-likeness (QED) is 0.858. The highest BCUT2D eigenvalue weighted by Gasteiger charge is 2.25. The second-order valence-corrected chi connectivity index (χ2v) is 5.31. The summed E-state index contributed by atoms with van der Waals surface area (Å²) in [5, 5.41) is 3.46. The van der Waals surface area contributed by atoms with E-state index < -0.39 is 0 Å². The Labute approximate surface area is 111 Å². The van der Waals surface area contributed by atoms with Gasteiger partial charge in [0.2, 0.25) is 0 Å². The zero-order valence-corrected chi connectivity index (χ0v) is 11.7. The Balaban J connectivity index is 2.08. The number of nitrogens with one attached hydrogen (secondary N) is 1. The summed E-state index contributed by atoms with van der Waals surface area (Å²) in [5.74, 6) is 0. The van der Waals surface area contributed by atoms with Crippen molar-refractivity contribution in [1.82, 2.24) is 10.2 Å². The molecule has 1 aromatic carbocycles. The van der Waals surface area contributed by atoms with Gasteiger partial charge in [0.25, 0.3) is 0 Å². The van der Waals surface area contributed by atoms with E-state index in [-0.39, 0.29) is 0 Å². The predicted octanol–water partition coefficient (Wildman–Crippen LogP) is 3.21. The molecule has 2 nitrogen and oxygen atoms in total. The summed E-state index contributed by atoms with van der Waals surface area (Å²) in [4.78, 5) is 2.70. The summed E-state index contributed by atoms with van der Waals surface area (Å²) in [7, 11) is 0. The summed E-state index contributed by atoms with van der Waals surface area (Å²) in [6.45, 7) is 8.19. The molecule has 18 heavy (non-hydrogen) atoms. The van der Waals surface area contributed by atoms with Crippen molar-refractivity contribution in [3.05, 3.63) is 35.9 Å². The molecule has 100 valence electrons. The minimum Gasteiger partial charge on any atom is -0.317 e. The van der Waals surface area contributed by atoms with Gasteiger partial charge in [0.15, 0.2) is 0 Å². The van der Waals surface area contributed by atoms with Gasteiger partial charge in [-0.3, -0.25) is 4.90 Å². The number of hydrogen-bond acceptors (Lipinski definition) is 2. The molecule has 0 aromatic heterocycles. The maximum Gasteiger partial charge on any atom is 0.0322 e. The van der Waals surface area contributed by atoms with Gasteiger partial charge < -0.3 is 5.32 Å². The Hall–Kier alpha value is -0.860. The minimum atomic E-state index is 0.536. The third-order valence-corrected chi connectivity index (χ3v) is 4.04. The lowest BCUT2D eigenvalue weighted by atomic mass is 9.99. The van der Waals surface area contributed by atoms with E-state index in [2.05, 4.69) is 54.4 Å². The number of rotatable bonds is 5. The van der Waals surface area contributed by atoms with Crippen LogP contribution in [-0.4, -0.2) is 30.6 Å². The molecule has 1 N–H and O–H groups in total. The van der Waals surface area contributed by atoms with Crippen molar-refractivity contribution in [1.29, 1.82) is 0 Å². The average molecular weight is 246 g/mol. The third-order valence-electron chi connectivity index (χ3n) is 4.04. The van der Waals surface area contributed by atoms with Crippen LogP contribution in [0, 0.1) is 0 Å². The summed E-state index contributed by atoms with van der Waals surface area (Å²) in [6, 6.07) is 12.2. The molecule has 1 unspecified atom stereocenters. The van der Waals surface area contributed by atoms with Crippen LogP contribution in [0.25, 0.3) is 0 Å². The van der Waals surface area contributed by atoms with Crippen molar-refractivity contribution in [2.24, 2.45) is 0 Å². The van der Waals surface area contributed by atoms with Gasteiger partial charge in [0, 0.05) is 12.1 Å². The molecule has 1 aromatic rings. The first-order valence-electron chi connectivity index (χ1n) is 7.34. The fraction of sp³-hybridized carbons (Fsp3) is 0.625. The zero-order chi connectivity index (χ0) is 12.8. The van der Waals surface area contributed by atoms with Crippen molar-refractivity contribution in [3.63, 3.8) is 0 Å². The lowest BCUT2D eigenvalue weighted by Gasteiger charge is -2.39. The molecular formula is C16H26N2. The Kier molecular flexibility index (Phi) is 5.21. The van der Waals surface area contributed by atoms with Crippen LogP contribution in [0.15, 0.2) is 30.3 Å². The molecule has 1 heterocycles. The molecule has 0 amide bonds. The average Bonchev–Trinajstić information content (AvgIpc) is 2.46. The van der Waals surface area contributed by atoms with Crippen LogP contribution in [0.4, 0.5) is 0 Å². The third kappa shape index (κ3) is 3.33. The SMILES string of the molecule is CCCN(C1CCNCC1)C(C)c1ccccc1. The number of piperidine rings is 1. The summed E-state index contributed by atoms with van der Waals surface area (Å²) in [5.41, 5.74) is 1.45. The molecule has 1 fully saturated rings. The molecule has 1 atom stereocenters. The van der Waals surface area contributed by atoms with E-state index in [0.717, 1.165) is 6.04 Å². The minimum absolute atomic E-state index is 0.536. The molecule has 0 spiro atoms. The van der Waals surface area contributed by atoms with Gasteiger partial charge >= 0.3 is 0 Å². The van der Waals surface area contributed by atoms with Crippen molar-refractivity contribution in [2.75, 3.05) is 19.6 Å². The first-order valence-corrected chi connectivity index (χ1v) is 7.34. The van der Waals surface area contributed by atoms with Gasteiger partial charge in [0.1, 0.15) is 0 Å². The van der Waals surface area contributed by atoms with Crippen LogP contribution in [0.5, 0.6) is 0 Å². The van der Waals surface area contributed by atoms with E-state index in [1.807, 2.05) is 0 Å². The van der Waals surface area contributed by atoms with Crippen LogP contribution < -0.4 is 5.32 Å². The van der Waals surface area contributed by atoms with Gasteiger partial charge in [-0.2, -0.15) is 0 Å². The highest BCUT2D eigenvalue weighted by molar-refractivity contribution is 5.18. The summed E-state index contributed by atoms with van der Waals surface area (Å²) in [6.07, 6.45) is 3.81. The van der Waals surface area contributed by atoms with Crippen LogP contribution >= 0.6 is 0 Å². The van der Waals surface area contributed by atoms with Crippen LogP contribution in [0.3, 0.4) is 0 Å². The monoisotopic (exact) mass is 246 g/mol. The normalized spacial score (nSPS) is 19.1. The Morgan fingerprint density at radius 3 is 2.50 bits per heavy atom. The highest BCUT2D eigenvalue weighted by Crippen LogP contribution is 2.25. The van der Waals surface area contributed by atoms with E-state index in [4.69, 9.17) is 0 Å². The summed E-state index contributed by atoms with van der Waals surface area (Å²) >= 11 is 0. The molecule has 0 radical (unpaired) electrons. The fourth-order valence-corrected chi connectivity index (χ4v) is 3.01. The second kappa shape index (κ2) is 6.91. The van der Waals surface area contributed by atoms with E-state index in [1.54, 1.807) is 0 Å². The predicted molar refractivity (Wildman–Crippen MR) is 77.7 cm³/mol.